The van der Waals surface area contributed by atoms with Gasteiger partial charge in [-0.1, -0.05) is 0 Å². The first-order valence-electron chi connectivity index (χ1n) is 1.01. The Morgan fingerprint density at radius 1 is 2.00 bits per heavy atom. The molecule has 0 radical (unpaired) electrons. The molecule has 0 unspecified atom stereocenters. The molecule has 0 aromatic carbocycles. The fourth-order valence-corrected chi connectivity index (χ4v) is 0. The molecule has 0 saturated carbocycles. The first-order valence-corrected chi connectivity index (χ1v) is 3.04. The van der Waals surface area contributed by atoms with Gasteiger partial charge in [0.2, 0.25) is 0 Å². The third-order valence-corrected chi connectivity index (χ3v) is 1.16. The van der Waals surface area contributed by atoms with E-state index in [4.69, 9.17) is 0 Å². The molecule has 0 bridgehead atoms. The fourth-order valence-electron chi connectivity index (χ4n) is 0. The van der Waals surface area contributed by atoms with Gasteiger partial charge in [0.25, 0.3) is 0 Å². The van der Waals surface area contributed by atoms with Gasteiger partial charge in [0.05, 0.1) is 0 Å². The first-order chi connectivity index (χ1) is 1.91. The molecule has 0 aliphatic carbocycles. The van der Waals surface area contributed by atoms with Crippen molar-refractivity contribution in [2.24, 2.45) is 0 Å². The Kier molecular flexibility index (Phi) is 18.1. The average molecular weight is 118 g/mol. The Morgan fingerprint density at radius 2 is 2.20 bits per heavy atom. The summed E-state index contributed by atoms with van der Waals surface area (Å²) in [4.78, 5) is 0. The van der Waals surface area contributed by atoms with E-state index in [1.165, 1.54) is 0 Å². The summed E-state index contributed by atoms with van der Waals surface area (Å²) in [6.45, 7) is 0. The second-order valence-electron chi connectivity index (χ2n) is 0.418. The third-order valence-electron chi connectivity index (χ3n) is 0.129. The van der Waals surface area contributed by atoms with E-state index in [0.29, 0.717) is 0 Å². The monoisotopic (exact) mass is 118 g/mol. The van der Waals surface area contributed by atoms with Crippen LogP contribution in [-0.4, -0.2) is 11.3 Å². The molecule has 0 aromatic rings. The van der Waals surface area contributed by atoms with Crippen molar-refractivity contribution < 1.29 is 31.0 Å². The average Bonchev–Trinajstić information content (AvgIpc) is 1.37. The molecule has 0 rings (SSSR count). The van der Waals surface area contributed by atoms with Gasteiger partial charge in [-0.05, 0) is 6.26 Å². The molecule has 0 spiro atoms. The number of hydrogen-bond acceptors (Lipinski definition) is 2. The van der Waals surface area contributed by atoms with Crippen molar-refractivity contribution in [2.75, 3.05) is 11.3 Å². The van der Waals surface area contributed by atoms with Gasteiger partial charge in [0.1, 0.15) is 0 Å². The van der Waals surface area contributed by atoms with Crippen molar-refractivity contribution in [3.8, 4) is 0 Å². The Bertz CT molecular complexity index is 13.5. The predicted octanol–water partition coefficient (Wildman–Crippen LogP) is -1.65. The molecule has 0 amide bonds. The largest absolute Gasteiger partial charge is 1.00 e. The first kappa shape index (κ1) is 9.85. The molecule has 5 heavy (non-hydrogen) atoms. The van der Waals surface area contributed by atoms with Crippen molar-refractivity contribution in [3.05, 3.63) is 0 Å². The summed E-state index contributed by atoms with van der Waals surface area (Å²) < 4.78 is 0. The Morgan fingerprint density at radius 3 is 2.20 bits per heavy atom. The zero-order valence-electron chi connectivity index (χ0n) is 4.56. The van der Waals surface area contributed by atoms with E-state index in [1.54, 1.807) is 11.8 Å². The summed E-state index contributed by atoms with van der Waals surface area (Å²) in [7, 11) is 0. The van der Waals surface area contributed by atoms with Gasteiger partial charge in [-0.2, -0.15) is 24.4 Å². The Labute approximate surface area is 66.3 Å². The summed E-state index contributed by atoms with van der Waals surface area (Å²) in [5.41, 5.74) is 0. The van der Waals surface area contributed by atoms with Gasteiger partial charge in [0, 0.05) is 5.08 Å². The SMILES string of the molecule is CSCS.[H-].[Na+]. The van der Waals surface area contributed by atoms with Crippen LogP contribution in [0.15, 0.2) is 0 Å². The maximum Gasteiger partial charge on any atom is 1.00 e. The van der Waals surface area contributed by atoms with E-state index < -0.39 is 0 Å². The van der Waals surface area contributed by atoms with E-state index in [2.05, 4.69) is 12.6 Å². The van der Waals surface area contributed by atoms with Crippen molar-refractivity contribution in [3.63, 3.8) is 0 Å². The normalized spacial score (nSPS) is 6.00. The summed E-state index contributed by atoms with van der Waals surface area (Å²) in [5.74, 6) is 0. The van der Waals surface area contributed by atoms with Crippen LogP contribution in [0.25, 0.3) is 0 Å². The van der Waals surface area contributed by atoms with Crippen molar-refractivity contribution in [1.82, 2.24) is 0 Å². The molecular formula is C2H7NaS2. The molecule has 3 heteroatoms. The number of rotatable bonds is 1. The van der Waals surface area contributed by atoms with Crippen molar-refractivity contribution in [1.29, 1.82) is 0 Å². The number of thioether (sulfide) groups is 1. The molecule has 0 nitrogen and oxygen atoms in total. The fraction of sp³-hybridized carbons (Fsp3) is 1.00. The quantitative estimate of drug-likeness (QED) is 0.245. The van der Waals surface area contributed by atoms with Crippen LogP contribution in [0, 0.1) is 0 Å². The smallest absolute Gasteiger partial charge is 1.00 e. The van der Waals surface area contributed by atoms with Gasteiger partial charge < -0.3 is 1.43 Å². The van der Waals surface area contributed by atoms with Gasteiger partial charge in [-0.3, -0.25) is 0 Å². The second kappa shape index (κ2) is 9.20. The van der Waals surface area contributed by atoms with Crippen LogP contribution in [0.1, 0.15) is 1.43 Å². The molecule has 0 saturated heterocycles. The third kappa shape index (κ3) is 10.7. The van der Waals surface area contributed by atoms with Crippen LogP contribution < -0.4 is 29.6 Å². The van der Waals surface area contributed by atoms with E-state index in [9.17, 15) is 0 Å². The van der Waals surface area contributed by atoms with Crippen LogP contribution in [0.3, 0.4) is 0 Å². The van der Waals surface area contributed by atoms with Crippen LogP contribution >= 0.6 is 24.4 Å². The van der Waals surface area contributed by atoms with Gasteiger partial charge in [-0.15, -0.1) is 0 Å². The Hall–Kier alpha value is 1.70. The van der Waals surface area contributed by atoms with Crippen LogP contribution in [0.5, 0.6) is 0 Å². The minimum absolute atomic E-state index is 0. The molecule has 0 N–H and O–H groups in total. The molecule has 0 atom stereocenters. The minimum Gasteiger partial charge on any atom is -1.00 e. The Balaban J connectivity index is -0.0000000450. The maximum absolute atomic E-state index is 3.88. The summed E-state index contributed by atoms with van der Waals surface area (Å²) >= 11 is 5.60. The van der Waals surface area contributed by atoms with Crippen molar-refractivity contribution in [2.45, 2.75) is 0 Å². The summed E-state index contributed by atoms with van der Waals surface area (Å²) in [5, 5.41) is 0.931. The number of hydrogen-bond donors (Lipinski definition) is 1. The molecule has 0 aromatic heterocycles. The van der Waals surface area contributed by atoms with E-state index in [1.807, 2.05) is 6.26 Å². The molecule has 0 aliphatic heterocycles. The minimum atomic E-state index is 0. The standard InChI is InChI=1S/C2H6S2.Na.H/c1-4-2-3;;/h3H,2H2,1H3;;/q;+1;-1. The second-order valence-corrected chi connectivity index (χ2v) is 2.03. The van der Waals surface area contributed by atoms with Gasteiger partial charge >= 0.3 is 29.6 Å². The molecule has 0 heterocycles. The van der Waals surface area contributed by atoms with E-state index >= 15 is 0 Å². The predicted molar refractivity (Wildman–Crippen MR) is 28.5 cm³/mol. The number of thiol groups is 1. The summed E-state index contributed by atoms with van der Waals surface area (Å²) in [6.07, 6.45) is 2.02. The van der Waals surface area contributed by atoms with E-state index in [-0.39, 0.29) is 31.0 Å². The molecule has 0 fully saturated rings. The van der Waals surface area contributed by atoms with Gasteiger partial charge in [0.15, 0.2) is 0 Å². The van der Waals surface area contributed by atoms with Crippen LogP contribution in [0.2, 0.25) is 0 Å². The molecule has 28 valence electrons. The topological polar surface area (TPSA) is 0 Å². The summed E-state index contributed by atoms with van der Waals surface area (Å²) in [6, 6.07) is 0. The zero-order valence-corrected chi connectivity index (χ0v) is 7.27. The van der Waals surface area contributed by atoms with Crippen molar-refractivity contribution >= 4 is 24.4 Å². The molecular weight excluding hydrogens is 111 g/mol. The molecule has 0 aliphatic rings. The van der Waals surface area contributed by atoms with Gasteiger partial charge in [-0.25, -0.2) is 0 Å². The van der Waals surface area contributed by atoms with E-state index in [0.717, 1.165) is 5.08 Å². The van der Waals surface area contributed by atoms with Crippen LogP contribution in [0.4, 0.5) is 0 Å². The maximum atomic E-state index is 3.88. The van der Waals surface area contributed by atoms with Crippen LogP contribution in [-0.2, 0) is 0 Å². The zero-order chi connectivity index (χ0) is 3.41.